The van der Waals surface area contributed by atoms with Gasteiger partial charge in [0.15, 0.2) is 0 Å². The summed E-state index contributed by atoms with van der Waals surface area (Å²) in [4.78, 5) is 34.8. The predicted octanol–water partition coefficient (Wildman–Crippen LogP) is 2.87. The van der Waals surface area contributed by atoms with E-state index in [-0.39, 0.29) is 22.8 Å². The standard InChI is InChI=1S/C26H22N4O5S/c27-36(34,35)19-9-7-16(8-10-19)23-22(24(31)18-4-3-12-28-14-18)25(32)26(33)30(23)13-11-17-15-29-21-6-2-1-5-20(17)21/h1-10,12,14-15,23,29,31H,11,13H2,(H2,27,34,35)/b24-22+. The van der Waals surface area contributed by atoms with Gasteiger partial charge in [-0.1, -0.05) is 30.3 Å². The molecule has 0 spiro atoms. The van der Waals surface area contributed by atoms with Crippen LogP contribution in [0.3, 0.4) is 0 Å². The molecule has 4 aromatic rings. The Morgan fingerprint density at radius 2 is 1.81 bits per heavy atom. The van der Waals surface area contributed by atoms with Crippen molar-refractivity contribution < 1.29 is 23.1 Å². The number of para-hydroxylation sites is 1. The summed E-state index contributed by atoms with van der Waals surface area (Å²) in [6.07, 6.45) is 5.25. The van der Waals surface area contributed by atoms with Crippen LogP contribution >= 0.6 is 0 Å². The maximum Gasteiger partial charge on any atom is 0.295 e. The molecule has 0 saturated carbocycles. The van der Waals surface area contributed by atoms with E-state index in [1.165, 1.54) is 41.6 Å². The lowest BCUT2D eigenvalue weighted by molar-refractivity contribution is -0.139. The van der Waals surface area contributed by atoms with Crippen molar-refractivity contribution in [3.63, 3.8) is 0 Å². The summed E-state index contributed by atoms with van der Waals surface area (Å²) in [6, 6.07) is 15.6. The third-order valence-electron chi connectivity index (χ3n) is 6.30. The average molecular weight is 503 g/mol. The van der Waals surface area contributed by atoms with Crippen molar-refractivity contribution in [2.75, 3.05) is 6.54 Å². The van der Waals surface area contributed by atoms with Gasteiger partial charge < -0.3 is 15.0 Å². The number of aromatic nitrogens is 2. The largest absolute Gasteiger partial charge is 0.507 e. The van der Waals surface area contributed by atoms with Crippen molar-refractivity contribution in [1.82, 2.24) is 14.9 Å². The number of hydrogen-bond donors (Lipinski definition) is 3. The number of hydrogen-bond acceptors (Lipinski definition) is 6. The maximum absolute atomic E-state index is 13.2. The van der Waals surface area contributed by atoms with E-state index in [1.54, 1.807) is 12.1 Å². The van der Waals surface area contributed by atoms with Gasteiger partial charge in [0.2, 0.25) is 10.0 Å². The number of pyridine rings is 1. The highest BCUT2D eigenvalue weighted by molar-refractivity contribution is 7.89. The lowest BCUT2D eigenvalue weighted by Gasteiger charge is -2.25. The van der Waals surface area contributed by atoms with E-state index in [2.05, 4.69) is 9.97 Å². The van der Waals surface area contributed by atoms with Crippen molar-refractivity contribution in [1.29, 1.82) is 0 Å². The minimum absolute atomic E-state index is 0.0877. The first-order valence-electron chi connectivity index (χ1n) is 11.1. The van der Waals surface area contributed by atoms with Crippen molar-refractivity contribution >= 4 is 38.4 Å². The Morgan fingerprint density at radius 1 is 1.06 bits per heavy atom. The van der Waals surface area contributed by atoms with Crippen LogP contribution in [0.1, 0.15) is 22.7 Å². The van der Waals surface area contributed by atoms with E-state index >= 15 is 0 Å². The molecular formula is C26H22N4O5S. The second-order valence-electron chi connectivity index (χ2n) is 8.46. The fourth-order valence-electron chi connectivity index (χ4n) is 4.53. The lowest BCUT2D eigenvalue weighted by atomic mass is 9.95. The first-order chi connectivity index (χ1) is 17.3. The molecule has 1 atom stereocenters. The smallest absolute Gasteiger partial charge is 0.295 e. The van der Waals surface area contributed by atoms with Crippen LogP contribution in [0, 0.1) is 0 Å². The Balaban J connectivity index is 1.58. The van der Waals surface area contributed by atoms with Gasteiger partial charge in [-0.25, -0.2) is 13.6 Å². The number of sulfonamides is 1. The van der Waals surface area contributed by atoms with Gasteiger partial charge in [-0.15, -0.1) is 0 Å². The molecule has 3 heterocycles. The van der Waals surface area contributed by atoms with Crippen molar-refractivity contribution in [2.45, 2.75) is 17.4 Å². The quantitative estimate of drug-likeness (QED) is 0.210. The second kappa shape index (κ2) is 9.06. The van der Waals surface area contributed by atoms with Crippen LogP contribution < -0.4 is 5.14 Å². The van der Waals surface area contributed by atoms with Crippen LogP contribution in [-0.4, -0.2) is 46.6 Å². The van der Waals surface area contributed by atoms with E-state index in [0.29, 0.717) is 17.5 Å². The topological polar surface area (TPSA) is 146 Å². The minimum Gasteiger partial charge on any atom is -0.507 e. The first kappa shape index (κ1) is 23.5. The zero-order valence-electron chi connectivity index (χ0n) is 19.0. The molecule has 0 radical (unpaired) electrons. The number of H-pyrrole nitrogens is 1. The summed E-state index contributed by atoms with van der Waals surface area (Å²) in [7, 11) is -3.93. The maximum atomic E-state index is 13.2. The fourth-order valence-corrected chi connectivity index (χ4v) is 5.05. The number of fused-ring (bicyclic) bond motifs is 1. The summed E-state index contributed by atoms with van der Waals surface area (Å²) >= 11 is 0. The summed E-state index contributed by atoms with van der Waals surface area (Å²) in [5, 5.41) is 17.3. The number of nitrogens with zero attached hydrogens (tertiary/aromatic N) is 2. The van der Waals surface area contributed by atoms with Crippen LogP contribution in [0.15, 0.2) is 89.7 Å². The number of benzene rings is 2. The number of nitrogens with one attached hydrogen (secondary N) is 1. The molecule has 2 aromatic heterocycles. The van der Waals surface area contributed by atoms with Gasteiger partial charge in [0.1, 0.15) is 5.76 Å². The number of Topliss-reactive ketones (excluding diaryl/α,β-unsaturated/α-hetero) is 1. The van der Waals surface area contributed by atoms with E-state index < -0.39 is 27.8 Å². The van der Waals surface area contributed by atoms with Crippen molar-refractivity contribution in [3.05, 3.63) is 102 Å². The summed E-state index contributed by atoms with van der Waals surface area (Å²) in [5.74, 6) is -1.92. The van der Waals surface area contributed by atoms with Gasteiger partial charge in [0.25, 0.3) is 11.7 Å². The fraction of sp³-hybridized carbons (Fsp3) is 0.115. The highest BCUT2D eigenvalue weighted by atomic mass is 32.2. The molecule has 2 aromatic carbocycles. The summed E-state index contributed by atoms with van der Waals surface area (Å²) in [5.41, 5.74) is 2.60. The molecule has 182 valence electrons. The number of nitrogens with two attached hydrogens (primary N) is 1. The van der Waals surface area contributed by atoms with Gasteiger partial charge in [-0.3, -0.25) is 14.6 Å². The molecule has 9 nitrogen and oxygen atoms in total. The molecule has 1 unspecified atom stereocenters. The molecule has 1 fully saturated rings. The lowest BCUT2D eigenvalue weighted by Crippen LogP contribution is -2.31. The van der Waals surface area contributed by atoms with Crippen molar-refractivity contribution in [2.24, 2.45) is 5.14 Å². The highest BCUT2D eigenvalue weighted by Crippen LogP contribution is 2.39. The predicted molar refractivity (Wildman–Crippen MR) is 133 cm³/mol. The summed E-state index contributed by atoms with van der Waals surface area (Å²) in [6.45, 7) is 0.192. The highest BCUT2D eigenvalue weighted by Gasteiger charge is 2.46. The van der Waals surface area contributed by atoms with Crippen LogP contribution in [0.25, 0.3) is 16.7 Å². The number of amides is 1. The normalized spacial score (nSPS) is 17.7. The van der Waals surface area contributed by atoms with Gasteiger partial charge in [0, 0.05) is 41.6 Å². The monoisotopic (exact) mass is 502 g/mol. The molecule has 1 amide bonds. The Morgan fingerprint density at radius 3 is 2.50 bits per heavy atom. The minimum atomic E-state index is -3.93. The third kappa shape index (κ3) is 4.16. The molecular weight excluding hydrogens is 480 g/mol. The third-order valence-corrected chi connectivity index (χ3v) is 7.23. The van der Waals surface area contributed by atoms with Crippen molar-refractivity contribution in [3.8, 4) is 0 Å². The number of carbonyl (C=O) groups is 2. The Kier molecular flexibility index (Phi) is 5.91. The van der Waals surface area contributed by atoms with E-state index in [1.807, 2.05) is 30.5 Å². The van der Waals surface area contributed by atoms with E-state index in [9.17, 15) is 23.1 Å². The number of aromatic amines is 1. The van der Waals surface area contributed by atoms with E-state index in [4.69, 9.17) is 5.14 Å². The molecule has 10 heteroatoms. The molecule has 4 N–H and O–H groups in total. The molecule has 1 saturated heterocycles. The number of aliphatic hydroxyl groups excluding tert-OH is 1. The number of aliphatic hydroxyl groups is 1. The zero-order valence-corrected chi connectivity index (χ0v) is 19.8. The molecule has 0 aliphatic carbocycles. The summed E-state index contributed by atoms with van der Waals surface area (Å²) < 4.78 is 23.5. The molecule has 1 aliphatic rings. The zero-order chi connectivity index (χ0) is 25.4. The molecule has 1 aliphatic heterocycles. The first-order valence-corrected chi connectivity index (χ1v) is 12.7. The van der Waals surface area contributed by atoms with Crippen LogP contribution in [0.4, 0.5) is 0 Å². The van der Waals surface area contributed by atoms with Gasteiger partial charge in [0.05, 0.1) is 16.5 Å². The molecule has 36 heavy (non-hydrogen) atoms. The Hall–Kier alpha value is -4.28. The number of likely N-dealkylation sites (tertiary alicyclic amines) is 1. The van der Waals surface area contributed by atoms with Gasteiger partial charge >= 0.3 is 0 Å². The Labute approximate surface area is 206 Å². The second-order valence-corrected chi connectivity index (χ2v) is 10.0. The SMILES string of the molecule is NS(=O)(=O)c1ccc(C2/C(=C(\O)c3cccnc3)C(=O)C(=O)N2CCc2c[nH]c3ccccc23)cc1. The van der Waals surface area contributed by atoms with E-state index in [0.717, 1.165) is 16.5 Å². The van der Waals surface area contributed by atoms with Crippen LogP contribution in [0.5, 0.6) is 0 Å². The molecule has 0 bridgehead atoms. The number of rotatable bonds is 6. The van der Waals surface area contributed by atoms with Gasteiger partial charge in [-0.05, 0) is 47.9 Å². The number of carbonyl (C=O) groups excluding carboxylic acids is 2. The van der Waals surface area contributed by atoms with Gasteiger partial charge in [-0.2, -0.15) is 0 Å². The van der Waals surface area contributed by atoms with Crippen LogP contribution in [-0.2, 0) is 26.0 Å². The Bertz CT molecular complexity index is 1610. The number of primary sulfonamides is 1. The number of ketones is 1. The van der Waals surface area contributed by atoms with Crippen LogP contribution in [0.2, 0.25) is 0 Å². The molecule has 5 rings (SSSR count). The average Bonchev–Trinajstić information content (AvgIpc) is 3.41.